The van der Waals surface area contributed by atoms with Crippen molar-refractivity contribution in [3.8, 4) is 0 Å². The summed E-state index contributed by atoms with van der Waals surface area (Å²) in [5.41, 5.74) is 1.18. The normalized spacial score (nSPS) is 21.5. The van der Waals surface area contributed by atoms with Crippen LogP contribution in [0, 0.1) is 0 Å². The minimum Gasteiger partial charge on any atom is -0.465 e. The van der Waals surface area contributed by atoms with Crippen LogP contribution in [0.1, 0.15) is 49.0 Å². The van der Waals surface area contributed by atoms with Crippen LogP contribution in [0.5, 0.6) is 0 Å². The highest BCUT2D eigenvalue weighted by atomic mass is 16.6. The van der Waals surface area contributed by atoms with E-state index in [1.54, 1.807) is 12.1 Å². The van der Waals surface area contributed by atoms with Crippen LogP contribution in [-0.4, -0.2) is 55.9 Å². The lowest BCUT2D eigenvalue weighted by molar-refractivity contribution is 0.0472. The molecule has 0 aliphatic carbocycles. The highest BCUT2D eigenvalue weighted by Gasteiger charge is 2.29. The quantitative estimate of drug-likeness (QED) is 0.851. The molecule has 0 aromatic heterocycles. The summed E-state index contributed by atoms with van der Waals surface area (Å²) in [6.07, 6.45) is 0.453. The Morgan fingerprint density at radius 1 is 1.16 bits per heavy atom. The highest BCUT2D eigenvalue weighted by molar-refractivity contribution is 5.89. The largest absolute Gasteiger partial charge is 0.465 e. The van der Waals surface area contributed by atoms with Gasteiger partial charge >= 0.3 is 12.1 Å². The number of benzene rings is 1. The van der Waals surface area contributed by atoms with Gasteiger partial charge in [-0.1, -0.05) is 12.1 Å². The smallest absolute Gasteiger partial charge is 0.407 e. The third-order valence-corrected chi connectivity index (χ3v) is 4.16. The van der Waals surface area contributed by atoms with Crippen molar-refractivity contribution in [2.24, 2.45) is 0 Å². The van der Waals surface area contributed by atoms with Gasteiger partial charge in [0.05, 0.1) is 12.7 Å². The highest BCUT2D eigenvalue weighted by Crippen LogP contribution is 2.27. The van der Waals surface area contributed by atoms with Gasteiger partial charge in [-0.05, 0) is 57.9 Å². The molecule has 1 saturated heterocycles. The van der Waals surface area contributed by atoms with E-state index in [-0.39, 0.29) is 24.0 Å². The molecule has 0 saturated carbocycles. The van der Waals surface area contributed by atoms with Gasteiger partial charge in [-0.25, -0.2) is 9.59 Å². The lowest BCUT2D eigenvalue weighted by Gasteiger charge is -2.36. The monoisotopic (exact) mass is 348 g/mol. The maximum Gasteiger partial charge on any atom is 0.407 e. The van der Waals surface area contributed by atoms with Gasteiger partial charge in [-0.2, -0.15) is 0 Å². The average Bonchev–Trinajstić information content (AvgIpc) is 2.51. The summed E-state index contributed by atoms with van der Waals surface area (Å²) in [6, 6.07) is 7.51. The van der Waals surface area contributed by atoms with Crippen molar-refractivity contribution in [1.29, 1.82) is 0 Å². The third kappa shape index (κ3) is 5.74. The van der Waals surface area contributed by atoms with E-state index in [2.05, 4.69) is 10.2 Å². The standard InChI is InChI=1S/C19H28N2O4/c1-19(2,3)25-18(23)20-16-10-15(11-21(4)12-16)13-6-8-14(9-7-13)17(22)24-5/h6-9,15-16H,10-12H2,1-5H3,(H,20,23)/t15-,16-/m1/s1. The molecule has 0 radical (unpaired) electrons. The van der Waals surface area contributed by atoms with E-state index in [4.69, 9.17) is 9.47 Å². The number of carbonyl (C=O) groups is 2. The molecule has 1 amide bonds. The number of likely N-dealkylation sites (N-methyl/N-ethyl adjacent to an activating group) is 1. The Balaban J connectivity index is 2.02. The molecule has 6 nitrogen and oxygen atoms in total. The predicted octanol–water partition coefficient (Wildman–Crippen LogP) is 2.79. The Morgan fingerprint density at radius 2 is 1.80 bits per heavy atom. The zero-order chi connectivity index (χ0) is 18.6. The van der Waals surface area contributed by atoms with Gasteiger partial charge in [0.15, 0.2) is 0 Å². The Morgan fingerprint density at radius 3 is 2.36 bits per heavy atom. The van der Waals surface area contributed by atoms with Gasteiger partial charge in [-0.15, -0.1) is 0 Å². The van der Waals surface area contributed by atoms with Crippen LogP contribution in [0.25, 0.3) is 0 Å². The maximum atomic E-state index is 12.0. The third-order valence-electron chi connectivity index (χ3n) is 4.16. The van der Waals surface area contributed by atoms with E-state index in [9.17, 15) is 9.59 Å². The molecule has 1 aliphatic rings. The summed E-state index contributed by atoms with van der Waals surface area (Å²) in [6.45, 7) is 7.25. The second-order valence-corrected chi connectivity index (χ2v) is 7.61. The van der Waals surface area contributed by atoms with Crippen molar-refractivity contribution in [1.82, 2.24) is 10.2 Å². The van der Waals surface area contributed by atoms with E-state index in [1.165, 1.54) is 7.11 Å². The van der Waals surface area contributed by atoms with Crippen LogP contribution in [0.3, 0.4) is 0 Å². The van der Waals surface area contributed by atoms with Gasteiger partial charge < -0.3 is 19.7 Å². The first-order valence-electron chi connectivity index (χ1n) is 8.54. The number of hydrogen-bond acceptors (Lipinski definition) is 5. The first-order valence-corrected chi connectivity index (χ1v) is 8.54. The molecule has 1 N–H and O–H groups in total. The van der Waals surface area contributed by atoms with Crippen molar-refractivity contribution < 1.29 is 19.1 Å². The van der Waals surface area contributed by atoms with E-state index >= 15 is 0 Å². The predicted molar refractivity (Wildman–Crippen MR) is 95.8 cm³/mol. The second kappa shape index (κ2) is 7.87. The number of esters is 1. The fourth-order valence-corrected chi connectivity index (χ4v) is 3.15. The molecular formula is C19H28N2O4. The number of methoxy groups -OCH3 is 1. The van der Waals surface area contributed by atoms with Crippen LogP contribution >= 0.6 is 0 Å². The molecule has 25 heavy (non-hydrogen) atoms. The topological polar surface area (TPSA) is 67.9 Å². The van der Waals surface area contributed by atoms with Crippen LogP contribution < -0.4 is 5.32 Å². The molecular weight excluding hydrogens is 320 g/mol. The van der Waals surface area contributed by atoms with E-state index in [1.807, 2.05) is 40.0 Å². The molecule has 2 rings (SSSR count). The summed E-state index contributed by atoms with van der Waals surface area (Å²) in [5, 5.41) is 2.97. The Hall–Kier alpha value is -2.08. The van der Waals surface area contributed by atoms with Crippen LogP contribution in [-0.2, 0) is 9.47 Å². The number of carbonyl (C=O) groups excluding carboxylic acids is 2. The van der Waals surface area contributed by atoms with Gasteiger partial charge in [0, 0.05) is 19.1 Å². The molecule has 0 spiro atoms. The molecule has 1 fully saturated rings. The fraction of sp³-hybridized carbons (Fsp3) is 0.579. The zero-order valence-corrected chi connectivity index (χ0v) is 15.7. The summed E-state index contributed by atoms with van der Waals surface area (Å²) in [4.78, 5) is 25.8. The summed E-state index contributed by atoms with van der Waals surface area (Å²) in [5.74, 6) is -0.0536. The number of nitrogens with one attached hydrogen (secondary N) is 1. The Labute approximate surface area is 149 Å². The number of hydrogen-bond donors (Lipinski definition) is 1. The van der Waals surface area contributed by atoms with E-state index in [0.29, 0.717) is 5.56 Å². The number of nitrogens with zero attached hydrogens (tertiary/aromatic N) is 1. The zero-order valence-electron chi connectivity index (χ0n) is 15.7. The molecule has 6 heteroatoms. The van der Waals surface area contributed by atoms with E-state index < -0.39 is 5.60 Å². The SMILES string of the molecule is COC(=O)c1ccc([C@@H]2C[C@@H](NC(=O)OC(C)(C)C)CN(C)C2)cc1. The first kappa shape index (κ1) is 19.2. The first-order chi connectivity index (χ1) is 11.7. The van der Waals surface area contributed by atoms with Gasteiger partial charge in [0.25, 0.3) is 0 Å². The van der Waals surface area contributed by atoms with Gasteiger partial charge in [-0.3, -0.25) is 0 Å². The summed E-state index contributed by atoms with van der Waals surface area (Å²) < 4.78 is 10.1. The Kier molecular flexibility index (Phi) is 6.06. The van der Waals surface area contributed by atoms with Crippen LogP contribution in [0.2, 0.25) is 0 Å². The second-order valence-electron chi connectivity index (χ2n) is 7.61. The molecule has 1 aromatic rings. The van der Waals surface area contributed by atoms with Crippen LogP contribution in [0.15, 0.2) is 24.3 Å². The molecule has 1 aromatic carbocycles. The lowest BCUT2D eigenvalue weighted by atomic mass is 9.88. The number of likely N-dealkylation sites (tertiary alicyclic amines) is 1. The molecule has 0 bridgehead atoms. The van der Waals surface area contributed by atoms with Gasteiger partial charge in [0.1, 0.15) is 5.60 Å². The summed E-state index contributed by atoms with van der Waals surface area (Å²) in [7, 11) is 3.41. The summed E-state index contributed by atoms with van der Waals surface area (Å²) >= 11 is 0. The number of ether oxygens (including phenoxy) is 2. The molecule has 0 unspecified atom stereocenters. The maximum absolute atomic E-state index is 12.0. The molecule has 138 valence electrons. The van der Waals surface area contributed by atoms with E-state index in [0.717, 1.165) is 25.1 Å². The van der Waals surface area contributed by atoms with Crippen molar-refractivity contribution in [3.05, 3.63) is 35.4 Å². The average molecular weight is 348 g/mol. The number of alkyl carbamates (subject to hydrolysis) is 1. The Bertz CT molecular complexity index is 607. The minimum absolute atomic E-state index is 0.0267. The number of amides is 1. The number of rotatable bonds is 3. The number of piperidine rings is 1. The van der Waals surface area contributed by atoms with Crippen molar-refractivity contribution in [2.75, 3.05) is 27.2 Å². The lowest BCUT2D eigenvalue weighted by Crippen LogP contribution is -2.49. The minimum atomic E-state index is -0.506. The van der Waals surface area contributed by atoms with Crippen molar-refractivity contribution in [2.45, 2.75) is 44.8 Å². The van der Waals surface area contributed by atoms with Crippen molar-refractivity contribution >= 4 is 12.1 Å². The molecule has 1 aliphatic heterocycles. The molecule has 2 atom stereocenters. The fourth-order valence-electron chi connectivity index (χ4n) is 3.15. The van der Waals surface area contributed by atoms with Crippen LogP contribution in [0.4, 0.5) is 4.79 Å². The molecule has 1 heterocycles. The van der Waals surface area contributed by atoms with Gasteiger partial charge in [0.2, 0.25) is 0 Å². The van der Waals surface area contributed by atoms with Crippen molar-refractivity contribution in [3.63, 3.8) is 0 Å².